The van der Waals surface area contributed by atoms with E-state index in [4.69, 9.17) is 23.2 Å². The molecule has 0 saturated carbocycles. The van der Waals surface area contributed by atoms with Crippen LogP contribution >= 0.6 is 23.2 Å². The van der Waals surface area contributed by atoms with E-state index in [1.807, 2.05) is 25.1 Å². The first-order valence-corrected chi connectivity index (χ1v) is 9.48. The molecule has 2 aromatic carbocycles. The Labute approximate surface area is 172 Å². The number of carbonyl (C=O) groups is 1. The van der Waals surface area contributed by atoms with Crippen molar-refractivity contribution in [3.63, 3.8) is 0 Å². The largest absolute Gasteiger partial charge is 0.477 e. The predicted molar refractivity (Wildman–Crippen MR) is 114 cm³/mol. The van der Waals surface area contributed by atoms with Crippen LogP contribution in [0.1, 0.15) is 30.9 Å². The summed E-state index contributed by atoms with van der Waals surface area (Å²) in [6.45, 7) is 2.08. The highest BCUT2D eigenvalue weighted by molar-refractivity contribution is 6.37. The first-order chi connectivity index (χ1) is 13.5. The lowest BCUT2D eigenvalue weighted by Crippen LogP contribution is -2.25. The van der Waals surface area contributed by atoms with E-state index in [9.17, 15) is 9.90 Å². The second-order valence-corrected chi connectivity index (χ2v) is 6.93. The van der Waals surface area contributed by atoms with E-state index >= 15 is 0 Å². The molecular formula is C20H18Cl2N4O2. The van der Waals surface area contributed by atoms with Crippen LogP contribution in [-0.4, -0.2) is 34.9 Å². The fourth-order valence-corrected chi connectivity index (χ4v) is 3.14. The molecule has 6 nitrogen and oxygen atoms in total. The summed E-state index contributed by atoms with van der Waals surface area (Å²) < 4.78 is 0. The lowest BCUT2D eigenvalue weighted by atomic mass is 10.0. The van der Waals surface area contributed by atoms with E-state index in [1.54, 1.807) is 24.3 Å². The Morgan fingerprint density at radius 2 is 2.00 bits per heavy atom. The number of nitrogens with zero attached hydrogens (tertiary/aromatic N) is 3. The number of hydrogen-bond donors (Lipinski definition) is 2. The van der Waals surface area contributed by atoms with Gasteiger partial charge in [0, 0.05) is 21.2 Å². The number of amidine groups is 1. The molecule has 1 heterocycles. The maximum atomic E-state index is 11.3. The van der Waals surface area contributed by atoms with Crippen molar-refractivity contribution in [1.29, 1.82) is 0 Å². The number of benzene rings is 2. The van der Waals surface area contributed by atoms with Gasteiger partial charge in [0.1, 0.15) is 11.5 Å². The summed E-state index contributed by atoms with van der Waals surface area (Å²) in [5, 5.41) is 14.4. The normalized spacial score (nSPS) is 13.9. The maximum Gasteiger partial charge on any atom is 0.352 e. The summed E-state index contributed by atoms with van der Waals surface area (Å²) in [6.07, 6.45) is 1.03. The number of aliphatic carboxylic acids is 1. The zero-order valence-corrected chi connectivity index (χ0v) is 16.6. The molecule has 28 heavy (non-hydrogen) atoms. The number of rotatable bonds is 5. The Bertz CT molecular complexity index is 999. The van der Waals surface area contributed by atoms with Gasteiger partial charge in [0.2, 0.25) is 0 Å². The molecule has 0 amide bonds. The number of hydrogen-bond acceptors (Lipinski definition) is 5. The Morgan fingerprint density at radius 1 is 1.21 bits per heavy atom. The quantitative estimate of drug-likeness (QED) is 0.546. The van der Waals surface area contributed by atoms with Crippen molar-refractivity contribution in [2.24, 2.45) is 15.1 Å². The molecule has 0 fully saturated rings. The molecule has 0 aromatic heterocycles. The number of aliphatic imine (C=N–C) groups is 2. The number of nitrogens with one attached hydrogen (secondary N) is 1. The van der Waals surface area contributed by atoms with Gasteiger partial charge in [-0.2, -0.15) is 5.10 Å². The van der Waals surface area contributed by atoms with Crippen molar-refractivity contribution >= 4 is 52.1 Å². The molecule has 144 valence electrons. The standard InChI is InChI=1S/C20H18Cl2N4O2/c1-2-5-17(20(27)28)25-26-18-11-23-19(13-6-3-4-7-15(13)22)14-10-12(21)8-9-16(14)24-18/h3-4,6-10H,2,5,11H2,1H3,(H,24,26)(H,27,28)/b25-17+. The van der Waals surface area contributed by atoms with Gasteiger partial charge < -0.3 is 5.11 Å². The second-order valence-electron chi connectivity index (χ2n) is 6.09. The lowest BCUT2D eigenvalue weighted by molar-refractivity contribution is -0.129. The molecule has 0 unspecified atom stereocenters. The van der Waals surface area contributed by atoms with Crippen LogP contribution in [0, 0.1) is 0 Å². The number of halogens is 2. The lowest BCUT2D eigenvalue weighted by Gasteiger charge is -2.10. The van der Waals surface area contributed by atoms with Gasteiger partial charge in [0.05, 0.1) is 17.9 Å². The zero-order chi connectivity index (χ0) is 20.1. The average Bonchev–Trinajstić information content (AvgIpc) is 2.84. The van der Waals surface area contributed by atoms with Crippen LogP contribution in [0.15, 0.2) is 57.6 Å². The fourth-order valence-electron chi connectivity index (χ4n) is 2.74. The van der Waals surface area contributed by atoms with E-state index in [0.29, 0.717) is 40.1 Å². The van der Waals surface area contributed by atoms with Crippen molar-refractivity contribution in [2.45, 2.75) is 19.8 Å². The molecule has 0 radical (unpaired) electrons. The highest BCUT2D eigenvalue weighted by Gasteiger charge is 2.19. The van der Waals surface area contributed by atoms with Gasteiger partial charge >= 0.3 is 5.97 Å². The second kappa shape index (κ2) is 8.99. The Morgan fingerprint density at radius 3 is 2.71 bits per heavy atom. The van der Waals surface area contributed by atoms with Gasteiger partial charge in [-0.05, 0) is 30.7 Å². The SMILES string of the molecule is CCC/C(=N\NC1=Nc2ccc(Cl)cc2C(c2ccccc2Cl)=NC1)C(=O)O. The summed E-state index contributed by atoms with van der Waals surface area (Å²) in [5.74, 6) is -0.628. The summed E-state index contributed by atoms with van der Waals surface area (Å²) in [7, 11) is 0. The van der Waals surface area contributed by atoms with Gasteiger partial charge in [-0.1, -0.05) is 54.7 Å². The minimum atomic E-state index is -1.06. The molecule has 0 atom stereocenters. The van der Waals surface area contributed by atoms with Crippen LogP contribution in [0.2, 0.25) is 10.0 Å². The summed E-state index contributed by atoms with van der Waals surface area (Å²) in [6, 6.07) is 12.7. The number of carboxylic acids is 1. The van der Waals surface area contributed by atoms with Crippen molar-refractivity contribution < 1.29 is 9.90 Å². The third-order valence-corrected chi connectivity index (χ3v) is 4.60. The Kier molecular flexibility index (Phi) is 6.44. The van der Waals surface area contributed by atoms with Gasteiger partial charge in [-0.3, -0.25) is 10.4 Å². The first kappa shape index (κ1) is 20.0. The van der Waals surface area contributed by atoms with Crippen LogP contribution < -0.4 is 5.43 Å². The molecule has 8 heteroatoms. The third-order valence-electron chi connectivity index (χ3n) is 4.04. The van der Waals surface area contributed by atoms with Crippen molar-refractivity contribution in [3.8, 4) is 0 Å². The van der Waals surface area contributed by atoms with Crippen LogP contribution in [0.25, 0.3) is 0 Å². The Hall–Kier alpha value is -2.70. The fraction of sp³-hybridized carbons (Fsp3) is 0.200. The molecule has 0 spiro atoms. The predicted octanol–water partition coefficient (Wildman–Crippen LogP) is 4.70. The highest BCUT2D eigenvalue weighted by atomic mass is 35.5. The highest BCUT2D eigenvalue weighted by Crippen LogP contribution is 2.30. The minimum Gasteiger partial charge on any atom is -0.477 e. The van der Waals surface area contributed by atoms with Gasteiger partial charge in [0.15, 0.2) is 0 Å². The van der Waals surface area contributed by atoms with Crippen molar-refractivity contribution in [2.75, 3.05) is 6.54 Å². The maximum absolute atomic E-state index is 11.3. The molecule has 1 aliphatic heterocycles. The van der Waals surface area contributed by atoms with Crippen LogP contribution in [0.4, 0.5) is 5.69 Å². The molecule has 3 rings (SSSR count). The number of fused-ring (bicyclic) bond motifs is 1. The van der Waals surface area contributed by atoms with E-state index in [0.717, 1.165) is 11.1 Å². The van der Waals surface area contributed by atoms with E-state index < -0.39 is 5.97 Å². The third kappa shape index (κ3) is 4.58. The number of hydrazone groups is 1. The van der Waals surface area contributed by atoms with Crippen LogP contribution in [0.5, 0.6) is 0 Å². The smallest absolute Gasteiger partial charge is 0.352 e. The number of carboxylic acid groups (broad SMARTS) is 1. The monoisotopic (exact) mass is 416 g/mol. The van der Waals surface area contributed by atoms with Crippen LogP contribution in [0.3, 0.4) is 0 Å². The molecule has 0 saturated heterocycles. The summed E-state index contributed by atoms with van der Waals surface area (Å²) in [4.78, 5) is 20.5. The summed E-state index contributed by atoms with van der Waals surface area (Å²) >= 11 is 12.6. The minimum absolute atomic E-state index is 0.0427. The summed E-state index contributed by atoms with van der Waals surface area (Å²) in [5.41, 5.74) is 5.62. The van der Waals surface area contributed by atoms with Crippen LogP contribution in [-0.2, 0) is 4.79 Å². The zero-order valence-electron chi connectivity index (χ0n) is 15.1. The van der Waals surface area contributed by atoms with E-state index in [-0.39, 0.29) is 12.3 Å². The van der Waals surface area contributed by atoms with Crippen molar-refractivity contribution in [1.82, 2.24) is 5.43 Å². The first-order valence-electron chi connectivity index (χ1n) is 8.72. The average molecular weight is 417 g/mol. The molecular weight excluding hydrogens is 399 g/mol. The molecule has 2 aromatic rings. The molecule has 1 aliphatic rings. The van der Waals surface area contributed by atoms with Gasteiger partial charge in [-0.15, -0.1) is 0 Å². The molecule has 0 bridgehead atoms. The van der Waals surface area contributed by atoms with E-state index in [2.05, 4.69) is 20.5 Å². The van der Waals surface area contributed by atoms with Gasteiger partial charge in [-0.25, -0.2) is 9.79 Å². The van der Waals surface area contributed by atoms with Crippen molar-refractivity contribution in [3.05, 3.63) is 63.6 Å². The van der Waals surface area contributed by atoms with Gasteiger partial charge in [0.25, 0.3) is 0 Å². The molecule has 2 N–H and O–H groups in total. The topological polar surface area (TPSA) is 86.4 Å². The van der Waals surface area contributed by atoms with E-state index in [1.165, 1.54) is 0 Å². The Balaban J connectivity index is 2.02. The molecule has 0 aliphatic carbocycles.